The van der Waals surface area contributed by atoms with Crippen molar-refractivity contribution in [1.82, 2.24) is 5.32 Å². The van der Waals surface area contributed by atoms with E-state index in [2.05, 4.69) is 35.7 Å². The first-order valence-corrected chi connectivity index (χ1v) is 5.32. The largest absolute Gasteiger partial charge is 0.381 e. The highest BCUT2D eigenvalue weighted by atomic mass is 16.5. The molecule has 1 N–H and O–H groups in total. The highest BCUT2D eigenvalue weighted by molar-refractivity contribution is 5.14. The first-order valence-electron chi connectivity index (χ1n) is 5.32. The summed E-state index contributed by atoms with van der Waals surface area (Å²) in [6.45, 7) is 2.66. The third kappa shape index (κ3) is 6.05. The van der Waals surface area contributed by atoms with Crippen molar-refractivity contribution in [2.75, 3.05) is 20.3 Å². The van der Waals surface area contributed by atoms with Crippen LogP contribution in [0.3, 0.4) is 0 Å². The number of ether oxygens (including phenoxy) is 1. The van der Waals surface area contributed by atoms with Crippen LogP contribution in [0, 0.1) is 0 Å². The van der Waals surface area contributed by atoms with Gasteiger partial charge in [0.05, 0.1) is 6.61 Å². The zero-order valence-corrected chi connectivity index (χ0v) is 9.28. The molecule has 2 heteroatoms. The maximum Gasteiger partial charge on any atom is 0.0643 e. The Kier molecular flexibility index (Phi) is 6.54. The topological polar surface area (TPSA) is 21.3 Å². The molecule has 0 heterocycles. The van der Waals surface area contributed by atoms with Crippen molar-refractivity contribution in [3.05, 3.63) is 48.0 Å². The second-order valence-corrected chi connectivity index (χ2v) is 3.38. The van der Waals surface area contributed by atoms with Gasteiger partial charge in [-0.2, -0.15) is 0 Å². The molecule has 0 spiro atoms. The molecule has 0 saturated heterocycles. The molecule has 1 aromatic rings. The lowest BCUT2D eigenvalue weighted by Crippen LogP contribution is -2.13. The summed E-state index contributed by atoms with van der Waals surface area (Å²) in [6.07, 6.45) is 5.24. The minimum Gasteiger partial charge on any atom is -0.381 e. The third-order valence-corrected chi connectivity index (χ3v) is 2.09. The Morgan fingerprint density at radius 1 is 1.20 bits per heavy atom. The number of hydrogen-bond acceptors (Lipinski definition) is 2. The zero-order valence-electron chi connectivity index (χ0n) is 9.28. The lowest BCUT2D eigenvalue weighted by molar-refractivity contribution is 0.233. The number of benzene rings is 1. The fraction of sp³-hybridized carbons (Fsp3) is 0.385. The van der Waals surface area contributed by atoms with Crippen LogP contribution in [-0.2, 0) is 11.3 Å². The predicted molar refractivity (Wildman–Crippen MR) is 63.8 cm³/mol. The molecule has 0 aliphatic rings. The highest BCUT2D eigenvalue weighted by Gasteiger charge is 1.88. The summed E-state index contributed by atoms with van der Waals surface area (Å²) in [5.41, 5.74) is 1.33. The van der Waals surface area contributed by atoms with Crippen molar-refractivity contribution in [1.29, 1.82) is 0 Å². The van der Waals surface area contributed by atoms with Crippen LogP contribution in [0.4, 0.5) is 0 Å². The van der Waals surface area contributed by atoms with Crippen LogP contribution in [0.5, 0.6) is 0 Å². The van der Waals surface area contributed by atoms with E-state index in [1.54, 1.807) is 7.11 Å². The van der Waals surface area contributed by atoms with Gasteiger partial charge in [0.15, 0.2) is 0 Å². The van der Waals surface area contributed by atoms with Gasteiger partial charge in [-0.15, -0.1) is 0 Å². The SMILES string of the molecule is COC/C=C\CCNCc1ccccc1. The molecule has 0 atom stereocenters. The van der Waals surface area contributed by atoms with E-state index in [1.807, 2.05) is 12.1 Å². The van der Waals surface area contributed by atoms with Gasteiger partial charge in [-0.1, -0.05) is 42.5 Å². The van der Waals surface area contributed by atoms with Crippen LogP contribution in [0.25, 0.3) is 0 Å². The number of rotatable bonds is 7. The molecule has 1 aromatic carbocycles. The van der Waals surface area contributed by atoms with E-state index in [0.29, 0.717) is 6.61 Å². The molecule has 0 saturated carbocycles. The maximum atomic E-state index is 4.91. The van der Waals surface area contributed by atoms with Crippen LogP contribution < -0.4 is 5.32 Å². The van der Waals surface area contributed by atoms with Crippen molar-refractivity contribution < 1.29 is 4.74 Å². The van der Waals surface area contributed by atoms with E-state index >= 15 is 0 Å². The van der Waals surface area contributed by atoms with Crippen LogP contribution in [0.1, 0.15) is 12.0 Å². The van der Waals surface area contributed by atoms with Crippen molar-refractivity contribution in [2.24, 2.45) is 0 Å². The standard InChI is InChI=1S/C13H19NO/c1-15-11-7-3-6-10-14-12-13-8-4-2-5-9-13/h2-5,7-9,14H,6,10-12H2,1H3/b7-3-. The first kappa shape index (κ1) is 12.0. The normalized spacial score (nSPS) is 11.0. The molecule has 1 rings (SSSR count). The van der Waals surface area contributed by atoms with Gasteiger partial charge in [0.25, 0.3) is 0 Å². The second-order valence-electron chi connectivity index (χ2n) is 3.38. The summed E-state index contributed by atoms with van der Waals surface area (Å²) in [4.78, 5) is 0. The van der Waals surface area contributed by atoms with Gasteiger partial charge in [-0.3, -0.25) is 0 Å². The summed E-state index contributed by atoms with van der Waals surface area (Å²) in [7, 11) is 1.71. The molecular weight excluding hydrogens is 186 g/mol. The lowest BCUT2D eigenvalue weighted by atomic mass is 10.2. The quantitative estimate of drug-likeness (QED) is 0.545. The predicted octanol–water partition coefficient (Wildman–Crippen LogP) is 2.37. The smallest absolute Gasteiger partial charge is 0.0643 e. The Bertz CT molecular complexity index is 269. The van der Waals surface area contributed by atoms with Gasteiger partial charge in [0, 0.05) is 13.7 Å². The van der Waals surface area contributed by atoms with E-state index in [4.69, 9.17) is 4.74 Å². The molecule has 0 aliphatic heterocycles. The summed E-state index contributed by atoms with van der Waals surface area (Å²) in [5.74, 6) is 0. The van der Waals surface area contributed by atoms with Crippen molar-refractivity contribution in [2.45, 2.75) is 13.0 Å². The fourth-order valence-electron chi connectivity index (χ4n) is 1.30. The van der Waals surface area contributed by atoms with Crippen LogP contribution in [0.15, 0.2) is 42.5 Å². The molecule has 0 aromatic heterocycles. The number of hydrogen-bond donors (Lipinski definition) is 1. The molecule has 15 heavy (non-hydrogen) atoms. The van der Waals surface area contributed by atoms with Gasteiger partial charge in [0.1, 0.15) is 0 Å². The minimum atomic E-state index is 0.707. The number of nitrogens with one attached hydrogen (secondary N) is 1. The average Bonchev–Trinajstić information content (AvgIpc) is 2.29. The van der Waals surface area contributed by atoms with Crippen LogP contribution in [-0.4, -0.2) is 20.3 Å². The molecule has 0 bridgehead atoms. The van der Waals surface area contributed by atoms with Gasteiger partial charge in [-0.05, 0) is 18.5 Å². The summed E-state index contributed by atoms with van der Waals surface area (Å²) in [5, 5.41) is 3.39. The highest BCUT2D eigenvalue weighted by Crippen LogP contribution is 1.96. The molecule has 82 valence electrons. The van der Waals surface area contributed by atoms with Crippen molar-refractivity contribution in [3.63, 3.8) is 0 Å². The van der Waals surface area contributed by atoms with Crippen molar-refractivity contribution in [3.8, 4) is 0 Å². The van der Waals surface area contributed by atoms with E-state index in [0.717, 1.165) is 19.5 Å². The Morgan fingerprint density at radius 2 is 2.00 bits per heavy atom. The molecule has 2 nitrogen and oxygen atoms in total. The summed E-state index contributed by atoms with van der Waals surface area (Å²) >= 11 is 0. The van der Waals surface area contributed by atoms with Crippen LogP contribution in [0.2, 0.25) is 0 Å². The molecule has 0 amide bonds. The fourth-order valence-corrected chi connectivity index (χ4v) is 1.30. The summed E-state index contributed by atoms with van der Waals surface area (Å²) in [6, 6.07) is 10.4. The third-order valence-electron chi connectivity index (χ3n) is 2.09. The van der Waals surface area contributed by atoms with Gasteiger partial charge < -0.3 is 10.1 Å². The lowest BCUT2D eigenvalue weighted by Gasteiger charge is -2.02. The number of methoxy groups -OCH3 is 1. The first-order chi connectivity index (χ1) is 7.43. The van der Waals surface area contributed by atoms with Gasteiger partial charge in [0.2, 0.25) is 0 Å². The zero-order chi connectivity index (χ0) is 10.8. The Hall–Kier alpha value is -1.12. The minimum absolute atomic E-state index is 0.707. The molecule has 0 aliphatic carbocycles. The van der Waals surface area contributed by atoms with Crippen molar-refractivity contribution >= 4 is 0 Å². The molecule has 0 fully saturated rings. The van der Waals surface area contributed by atoms with Crippen LogP contribution >= 0.6 is 0 Å². The van der Waals surface area contributed by atoms with Gasteiger partial charge in [-0.25, -0.2) is 0 Å². The van der Waals surface area contributed by atoms with E-state index < -0.39 is 0 Å². The Balaban J connectivity index is 2.02. The molecular formula is C13H19NO. The second kappa shape index (κ2) is 8.21. The van der Waals surface area contributed by atoms with E-state index in [1.165, 1.54) is 5.56 Å². The van der Waals surface area contributed by atoms with E-state index in [9.17, 15) is 0 Å². The van der Waals surface area contributed by atoms with Gasteiger partial charge >= 0.3 is 0 Å². The molecule has 0 radical (unpaired) electrons. The summed E-state index contributed by atoms with van der Waals surface area (Å²) < 4.78 is 4.91. The Morgan fingerprint density at radius 3 is 2.73 bits per heavy atom. The molecule has 0 unspecified atom stereocenters. The maximum absolute atomic E-state index is 4.91. The monoisotopic (exact) mass is 205 g/mol. The van der Waals surface area contributed by atoms with E-state index in [-0.39, 0.29) is 0 Å². The average molecular weight is 205 g/mol. The Labute approximate surface area is 92.0 Å².